The van der Waals surface area contributed by atoms with Crippen molar-refractivity contribution in [2.24, 2.45) is 0 Å². The lowest BCUT2D eigenvalue weighted by Gasteiger charge is -2.24. The maximum absolute atomic E-state index is 13.6. The van der Waals surface area contributed by atoms with Crippen LogP contribution in [0.2, 0.25) is 0 Å². The molecule has 4 rings (SSSR count). The minimum absolute atomic E-state index is 0.133. The maximum Gasteiger partial charge on any atom is 0.227 e. The fourth-order valence-corrected chi connectivity index (χ4v) is 3.98. The molecule has 4 aromatic rings. The zero-order valence-electron chi connectivity index (χ0n) is 18.8. The van der Waals surface area contributed by atoms with Crippen molar-refractivity contribution < 1.29 is 4.79 Å². The number of benzene rings is 4. The van der Waals surface area contributed by atoms with Gasteiger partial charge in [0, 0.05) is 13.1 Å². The van der Waals surface area contributed by atoms with Crippen LogP contribution in [0.15, 0.2) is 103 Å². The van der Waals surface area contributed by atoms with E-state index >= 15 is 0 Å². The summed E-state index contributed by atoms with van der Waals surface area (Å²) in [7, 11) is 0. The van der Waals surface area contributed by atoms with E-state index < -0.39 is 0 Å². The molecule has 0 bridgehead atoms. The van der Waals surface area contributed by atoms with Gasteiger partial charge in [0.25, 0.3) is 0 Å². The van der Waals surface area contributed by atoms with Gasteiger partial charge in [0.15, 0.2) is 0 Å². The van der Waals surface area contributed by atoms with Crippen LogP contribution in [0.3, 0.4) is 0 Å². The first-order chi connectivity index (χ1) is 15.6. The number of hydrogen-bond acceptors (Lipinski definition) is 1. The first kappa shape index (κ1) is 21.6. The van der Waals surface area contributed by atoms with Crippen LogP contribution < -0.4 is 0 Å². The summed E-state index contributed by atoms with van der Waals surface area (Å²) in [6, 6.07) is 35.2. The number of amides is 1. The smallest absolute Gasteiger partial charge is 0.227 e. The third-order valence-electron chi connectivity index (χ3n) is 5.96. The monoisotopic (exact) mass is 419 g/mol. The highest BCUT2D eigenvalue weighted by Gasteiger charge is 2.17. The van der Waals surface area contributed by atoms with Gasteiger partial charge in [-0.05, 0) is 52.8 Å². The van der Waals surface area contributed by atoms with E-state index in [4.69, 9.17) is 0 Å². The zero-order valence-corrected chi connectivity index (χ0v) is 18.8. The first-order valence-electron chi connectivity index (χ1n) is 11.1. The summed E-state index contributed by atoms with van der Waals surface area (Å²) in [5.74, 6) is 0.133. The summed E-state index contributed by atoms with van der Waals surface area (Å²) in [4.78, 5) is 15.5. The quantitative estimate of drug-likeness (QED) is 0.325. The van der Waals surface area contributed by atoms with Gasteiger partial charge in [-0.3, -0.25) is 4.79 Å². The minimum atomic E-state index is 0.133. The number of hydrogen-bond donors (Lipinski definition) is 0. The molecule has 0 atom stereocenters. The summed E-state index contributed by atoms with van der Waals surface area (Å²) >= 11 is 0. The molecule has 0 aliphatic carbocycles. The molecule has 0 spiro atoms. The van der Waals surface area contributed by atoms with E-state index in [1.165, 1.54) is 11.1 Å². The Balaban J connectivity index is 1.61. The van der Waals surface area contributed by atoms with E-state index in [2.05, 4.69) is 68.4 Å². The molecule has 0 saturated heterocycles. The number of aryl methyl sites for hydroxylation is 2. The Kier molecular flexibility index (Phi) is 6.81. The Morgan fingerprint density at radius 1 is 0.656 bits per heavy atom. The van der Waals surface area contributed by atoms with Crippen LogP contribution >= 0.6 is 0 Å². The highest BCUT2D eigenvalue weighted by molar-refractivity contribution is 5.82. The van der Waals surface area contributed by atoms with Crippen LogP contribution in [0.25, 0.3) is 11.1 Å². The van der Waals surface area contributed by atoms with Gasteiger partial charge in [0.1, 0.15) is 0 Å². The second-order valence-corrected chi connectivity index (χ2v) is 8.35. The molecule has 0 unspecified atom stereocenters. The van der Waals surface area contributed by atoms with E-state index in [9.17, 15) is 4.79 Å². The van der Waals surface area contributed by atoms with E-state index in [1.807, 2.05) is 53.4 Å². The van der Waals surface area contributed by atoms with Crippen LogP contribution in [-0.4, -0.2) is 10.8 Å². The molecule has 0 aliphatic rings. The van der Waals surface area contributed by atoms with Crippen molar-refractivity contribution in [2.75, 3.05) is 0 Å². The molecular weight excluding hydrogens is 390 g/mol. The zero-order chi connectivity index (χ0) is 22.3. The average Bonchev–Trinajstić information content (AvgIpc) is 2.82. The standard InChI is InChI=1S/C30H29NO/c1-23-17-18-28(19-24(23)2)29-16-10-9-15-27(29)20-30(32)31(21-25-11-5-3-6-12-25)22-26-13-7-4-8-14-26/h3-19H,20-22H2,1-2H3. The normalized spacial score (nSPS) is 10.7. The molecule has 0 N–H and O–H groups in total. The Morgan fingerprint density at radius 3 is 1.81 bits per heavy atom. The largest absolute Gasteiger partial charge is 0.334 e. The molecule has 1 amide bonds. The van der Waals surface area contributed by atoms with E-state index in [0.29, 0.717) is 19.5 Å². The van der Waals surface area contributed by atoms with Gasteiger partial charge in [-0.15, -0.1) is 0 Å². The lowest BCUT2D eigenvalue weighted by Crippen LogP contribution is -2.31. The second-order valence-electron chi connectivity index (χ2n) is 8.35. The average molecular weight is 420 g/mol. The van der Waals surface area contributed by atoms with Crippen molar-refractivity contribution in [3.63, 3.8) is 0 Å². The third-order valence-corrected chi connectivity index (χ3v) is 5.96. The summed E-state index contributed by atoms with van der Waals surface area (Å²) in [5.41, 5.74) is 8.17. The van der Waals surface area contributed by atoms with Crippen LogP contribution in [-0.2, 0) is 24.3 Å². The van der Waals surface area contributed by atoms with Crippen molar-refractivity contribution in [2.45, 2.75) is 33.4 Å². The van der Waals surface area contributed by atoms with Crippen LogP contribution in [0.4, 0.5) is 0 Å². The predicted octanol–water partition coefficient (Wildman–Crippen LogP) is 6.74. The topological polar surface area (TPSA) is 20.3 Å². The third kappa shape index (κ3) is 5.33. The Hall–Kier alpha value is -3.65. The lowest BCUT2D eigenvalue weighted by molar-refractivity contribution is -0.131. The molecule has 2 heteroatoms. The highest BCUT2D eigenvalue weighted by Crippen LogP contribution is 2.27. The Labute approximate surface area is 191 Å². The first-order valence-corrected chi connectivity index (χ1v) is 11.1. The summed E-state index contributed by atoms with van der Waals surface area (Å²) in [6.07, 6.45) is 0.378. The fraction of sp³-hybridized carbons (Fsp3) is 0.167. The lowest BCUT2D eigenvalue weighted by atomic mass is 9.95. The van der Waals surface area contributed by atoms with Gasteiger partial charge in [-0.25, -0.2) is 0 Å². The highest BCUT2D eigenvalue weighted by atomic mass is 16.2. The van der Waals surface area contributed by atoms with Crippen molar-refractivity contribution >= 4 is 5.91 Å². The second kappa shape index (κ2) is 10.1. The SMILES string of the molecule is Cc1ccc(-c2ccccc2CC(=O)N(Cc2ccccc2)Cc2ccccc2)cc1C. The van der Waals surface area contributed by atoms with Gasteiger partial charge >= 0.3 is 0 Å². The van der Waals surface area contributed by atoms with E-state index in [-0.39, 0.29) is 5.91 Å². The number of carbonyl (C=O) groups is 1. The predicted molar refractivity (Wildman–Crippen MR) is 132 cm³/mol. The van der Waals surface area contributed by atoms with E-state index in [1.54, 1.807) is 0 Å². The molecule has 2 nitrogen and oxygen atoms in total. The minimum Gasteiger partial charge on any atom is -0.334 e. The van der Waals surface area contributed by atoms with Gasteiger partial charge < -0.3 is 4.90 Å². The molecule has 0 aromatic heterocycles. The van der Waals surface area contributed by atoms with Gasteiger partial charge in [0.2, 0.25) is 5.91 Å². The number of nitrogens with zero attached hydrogens (tertiary/aromatic N) is 1. The fourth-order valence-electron chi connectivity index (χ4n) is 3.98. The Morgan fingerprint density at radius 2 is 1.22 bits per heavy atom. The molecule has 0 aliphatic heterocycles. The van der Waals surface area contributed by atoms with Gasteiger partial charge in [-0.1, -0.05) is 103 Å². The molecule has 0 radical (unpaired) electrons. The number of rotatable bonds is 7. The maximum atomic E-state index is 13.6. The van der Waals surface area contributed by atoms with Crippen LogP contribution in [0.1, 0.15) is 27.8 Å². The molecular formula is C30H29NO. The summed E-state index contributed by atoms with van der Waals surface area (Å²) in [5, 5.41) is 0. The van der Waals surface area contributed by atoms with Crippen LogP contribution in [0, 0.1) is 13.8 Å². The van der Waals surface area contributed by atoms with Crippen molar-refractivity contribution in [3.8, 4) is 11.1 Å². The molecule has 0 saturated carbocycles. The van der Waals surface area contributed by atoms with Gasteiger partial charge in [-0.2, -0.15) is 0 Å². The van der Waals surface area contributed by atoms with Gasteiger partial charge in [0.05, 0.1) is 6.42 Å². The van der Waals surface area contributed by atoms with Crippen LogP contribution in [0.5, 0.6) is 0 Å². The molecule has 0 heterocycles. The van der Waals surface area contributed by atoms with Crippen molar-refractivity contribution in [1.29, 1.82) is 0 Å². The summed E-state index contributed by atoms with van der Waals surface area (Å²) < 4.78 is 0. The number of carbonyl (C=O) groups excluding carboxylic acids is 1. The molecule has 160 valence electrons. The van der Waals surface area contributed by atoms with E-state index in [0.717, 1.165) is 27.8 Å². The van der Waals surface area contributed by atoms with Crippen molar-refractivity contribution in [3.05, 3.63) is 131 Å². The van der Waals surface area contributed by atoms with Crippen molar-refractivity contribution in [1.82, 2.24) is 4.90 Å². The summed E-state index contributed by atoms with van der Waals surface area (Å²) in [6.45, 7) is 5.45. The molecule has 0 fully saturated rings. The molecule has 4 aromatic carbocycles. The molecule has 32 heavy (non-hydrogen) atoms. The Bertz CT molecular complexity index is 1140.